The minimum atomic E-state index is -0.406. The lowest BCUT2D eigenvalue weighted by molar-refractivity contribution is -0.115. The third kappa shape index (κ3) is 5.41. The molecule has 7 nitrogen and oxygen atoms in total. The van der Waals surface area contributed by atoms with E-state index >= 15 is 0 Å². The number of carbonyl (C=O) groups is 2. The molecule has 0 aliphatic rings. The molecule has 0 unspecified atom stereocenters. The van der Waals surface area contributed by atoms with E-state index in [0.29, 0.717) is 6.54 Å². The Hall–Kier alpha value is -2.35. The van der Waals surface area contributed by atoms with Gasteiger partial charge in [0.2, 0.25) is 5.91 Å². The van der Waals surface area contributed by atoms with Gasteiger partial charge in [-0.15, -0.1) is 0 Å². The number of nitrogens with zero attached hydrogens (tertiary/aromatic N) is 2. The lowest BCUT2D eigenvalue weighted by Crippen LogP contribution is -2.39. The molecule has 3 N–H and O–H groups in total. The first-order valence-electron chi connectivity index (χ1n) is 6.99. The fourth-order valence-corrected chi connectivity index (χ4v) is 2.41. The molecular weight excluding hydrogens is 362 g/mol. The van der Waals surface area contributed by atoms with Gasteiger partial charge in [0.15, 0.2) is 0 Å². The number of amides is 3. The summed E-state index contributed by atoms with van der Waals surface area (Å²) >= 11 is 3.37. The summed E-state index contributed by atoms with van der Waals surface area (Å²) in [6.07, 6.45) is 3.48. The van der Waals surface area contributed by atoms with Crippen LogP contribution in [0.1, 0.15) is 11.1 Å². The summed E-state index contributed by atoms with van der Waals surface area (Å²) < 4.78 is 2.60. The SMILES string of the molecule is Cc1cc(Br)ccc1NC(=O)CNC(=O)NCc1cnn(C)c1. The first kappa shape index (κ1) is 17.0. The number of benzene rings is 1. The van der Waals surface area contributed by atoms with E-state index < -0.39 is 6.03 Å². The number of hydrogen-bond acceptors (Lipinski definition) is 3. The van der Waals surface area contributed by atoms with Crippen molar-refractivity contribution in [2.45, 2.75) is 13.5 Å². The van der Waals surface area contributed by atoms with E-state index in [1.807, 2.05) is 25.3 Å². The maximum atomic E-state index is 11.9. The van der Waals surface area contributed by atoms with E-state index in [9.17, 15) is 9.59 Å². The van der Waals surface area contributed by atoms with Crippen LogP contribution < -0.4 is 16.0 Å². The average molecular weight is 380 g/mol. The van der Waals surface area contributed by atoms with Crippen molar-refractivity contribution in [2.75, 3.05) is 11.9 Å². The van der Waals surface area contributed by atoms with Crippen LogP contribution in [0, 0.1) is 6.92 Å². The molecule has 3 amide bonds. The molecule has 1 aromatic heterocycles. The number of urea groups is 1. The molecule has 0 bridgehead atoms. The topological polar surface area (TPSA) is 88.1 Å². The summed E-state index contributed by atoms with van der Waals surface area (Å²) in [6.45, 7) is 2.15. The van der Waals surface area contributed by atoms with Crippen molar-refractivity contribution in [3.8, 4) is 0 Å². The smallest absolute Gasteiger partial charge is 0.315 e. The Bertz CT molecular complexity index is 714. The number of aromatic nitrogens is 2. The number of rotatable bonds is 5. The van der Waals surface area contributed by atoms with Crippen LogP contribution in [-0.2, 0) is 18.4 Å². The summed E-state index contributed by atoms with van der Waals surface area (Å²) in [6, 6.07) is 5.15. The van der Waals surface area contributed by atoms with Crippen LogP contribution >= 0.6 is 15.9 Å². The quantitative estimate of drug-likeness (QED) is 0.741. The van der Waals surface area contributed by atoms with Gasteiger partial charge in [-0.05, 0) is 30.7 Å². The number of anilines is 1. The van der Waals surface area contributed by atoms with Gasteiger partial charge in [-0.25, -0.2) is 4.79 Å². The van der Waals surface area contributed by atoms with Gasteiger partial charge in [-0.1, -0.05) is 15.9 Å². The molecule has 0 aliphatic heterocycles. The summed E-state index contributed by atoms with van der Waals surface area (Å²) in [7, 11) is 1.80. The van der Waals surface area contributed by atoms with E-state index in [0.717, 1.165) is 21.3 Å². The highest BCUT2D eigenvalue weighted by Crippen LogP contribution is 2.19. The standard InChI is InChI=1S/C15H18BrN5O2/c1-10-5-12(16)3-4-13(10)20-14(22)8-18-15(23)17-6-11-7-19-21(2)9-11/h3-5,7,9H,6,8H2,1-2H3,(H,20,22)(H2,17,18,23). The van der Waals surface area contributed by atoms with Gasteiger partial charge in [0.1, 0.15) is 0 Å². The highest BCUT2D eigenvalue weighted by molar-refractivity contribution is 9.10. The molecule has 0 fully saturated rings. The van der Waals surface area contributed by atoms with Crippen molar-refractivity contribution in [1.82, 2.24) is 20.4 Å². The third-order valence-electron chi connectivity index (χ3n) is 3.08. The second-order valence-electron chi connectivity index (χ2n) is 5.07. The number of carbonyl (C=O) groups excluding carboxylic acids is 2. The maximum Gasteiger partial charge on any atom is 0.315 e. The fourth-order valence-electron chi connectivity index (χ4n) is 1.93. The van der Waals surface area contributed by atoms with Gasteiger partial charge in [0.25, 0.3) is 0 Å². The molecule has 23 heavy (non-hydrogen) atoms. The largest absolute Gasteiger partial charge is 0.334 e. The average Bonchev–Trinajstić information content (AvgIpc) is 2.91. The van der Waals surface area contributed by atoms with Crippen molar-refractivity contribution in [3.63, 3.8) is 0 Å². The molecule has 0 saturated carbocycles. The second kappa shape index (κ2) is 7.77. The molecule has 0 saturated heterocycles. The summed E-state index contributed by atoms with van der Waals surface area (Å²) in [5, 5.41) is 11.9. The lowest BCUT2D eigenvalue weighted by atomic mass is 10.2. The molecule has 0 radical (unpaired) electrons. The Labute approximate surface area is 142 Å². The highest BCUT2D eigenvalue weighted by Gasteiger charge is 2.07. The van der Waals surface area contributed by atoms with Gasteiger partial charge < -0.3 is 16.0 Å². The number of aryl methyl sites for hydroxylation is 2. The van der Waals surface area contributed by atoms with Gasteiger partial charge in [-0.2, -0.15) is 5.10 Å². The van der Waals surface area contributed by atoms with Crippen LogP contribution in [0.2, 0.25) is 0 Å². The van der Waals surface area contributed by atoms with Gasteiger partial charge in [0, 0.05) is 35.5 Å². The number of halogens is 1. The molecule has 0 spiro atoms. The Morgan fingerprint density at radius 3 is 2.74 bits per heavy atom. The van der Waals surface area contributed by atoms with E-state index in [1.54, 1.807) is 24.0 Å². The fraction of sp³-hybridized carbons (Fsp3) is 0.267. The second-order valence-corrected chi connectivity index (χ2v) is 5.98. The molecular formula is C15H18BrN5O2. The van der Waals surface area contributed by atoms with Crippen LogP contribution in [0.5, 0.6) is 0 Å². The van der Waals surface area contributed by atoms with Gasteiger partial charge >= 0.3 is 6.03 Å². The molecule has 0 aliphatic carbocycles. The summed E-state index contributed by atoms with van der Waals surface area (Å²) in [5.41, 5.74) is 2.54. The van der Waals surface area contributed by atoms with E-state index in [-0.39, 0.29) is 12.5 Å². The van der Waals surface area contributed by atoms with Crippen molar-refractivity contribution in [2.24, 2.45) is 7.05 Å². The third-order valence-corrected chi connectivity index (χ3v) is 3.58. The van der Waals surface area contributed by atoms with Crippen molar-refractivity contribution in [3.05, 3.63) is 46.2 Å². The van der Waals surface area contributed by atoms with Crippen LogP contribution in [0.4, 0.5) is 10.5 Å². The van der Waals surface area contributed by atoms with Crippen LogP contribution in [-0.4, -0.2) is 28.3 Å². The summed E-state index contributed by atoms with van der Waals surface area (Å²) in [5.74, 6) is -0.285. The predicted octanol–water partition coefficient (Wildman–Crippen LogP) is 1.93. The predicted molar refractivity (Wildman–Crippen MR) is 91.0 cm³/mol. The highest BCUT2D eigenvalue weighted by atomic mass is 79.9. The van der Waals surface area contributed by atoms with Crippen LogP contribution in [0.25, 0.3) is 0 Å². The van der Waals surface area contributed by atoms with E-state index in [2.05, 4.69) is 37.0 Å². The Morgan fingerprint density at radius 1 is 1.30 bits per heavy atom. The zero-order valence-corrected chi connectivity index (χ0v) is 14.5. The van der Waals surface area contributed by atoms with Crippen LogP contribution in [0.3, 0.4) is 0 Å². The Morgan fingerprint density at radius 2 is 2.09 bits per heavy atom. The minimum Gasteiger partial charge on any atom is -0.334 e. The van der Waals surface area contributed by atoms with E-state index in [4.69, 9.17) is 0 Å². The summed E-state index contributed by atoms with van der Waals surface area (Å²) in [4.78, 5) is 23.5. The molecule has 1 aromatic carbocycles. The Kier molecular flexibility index (Phi) is 5.75. The first-order valence-corrected chi connectivity index (χ1v) is 7.78. The Balaban J connectivity index is 1.74. The van der Waals surface area contributed by atoms with Crippen LogP contribution in [0.15, 0.2) is 35.1 Å². The van der Waals surface area contributed by atoms with Gasteiger partial charge in [-0.3, -0.25) is 9.48 Å². The molecule has 1 heterocycles. The normalized spacial score (nSPS) is 10.2. The van der Waals surface area contributed by atoms with Crippen molar-refractivity contribution < 1.29 is 9.59 Å². The molecule has 0 atom stereocenters. The molecule has 122 valence electrons. The number of nitrogens with one attached hydrogen (secondary N) is 3. The molecule has 2 rings (SSSR count). The van der Waals surface area contributed by atoms with Crippen molar-refractivity contribution >= 4 is 33.6 Å². The zero-order valence-electron chi connectivity index (χ0n) is 12.9. The monoisotopic (exact) mass is 379 g/mol. The minimum absolute atomic E-state index is 0.103. The number of hydrogen-bond donors (Lipinski definition) is 3. The lowest BCUT2D eigenvalue weighted by Gasteiger charge is -2.10. The maximum absolute atomic E-state index is 11.9. The van der Waals surface area contributed by atoms with Gasteiger partial charge in [0.05, 0.1) is 12.7 Å². The molecule has 8 heteroatoms. The van der Waals surface area contributed by atoms with Crippen molar-refractivity contribution in [1.29, 1.82) is 0 Å². The first-order chi connectivity index (χ1) is 10.9. The zero-order chi connectivity index (χ0) is 16.8. The molecule has 2 aromatic rings. The van der Waals surface area contributed by atoms with E-state index in [1.165, 1.54) is 0 Å².